The lowest BCUT2D eigenvalue weighted by atomic mass is 10.1. The molecule has 0 saturated carbocycles. The van der Waals surface area contributed by atoms with E-state index in [1.54, 1.807) is 11.8 Å². The molecule has 0 bridgehead atoms. The highest BCUT2D eigenvalue weighted by molar-refractivity contribution is 9.10. The number of halogens is 1. The maximum Gasteiger partial charge on any atom is 0.0991 e. The lowest BCUT2D eigenvalue weighted by Gasteiger charge is -2.08. The highest BCUT2D eigenvalue weighted by Crippen LogP contribution is 2.43. The average Bonchev–Trinajstić information content (AvgIpc) is 2.94. The fraction of sp³-hybridized carbons (Fsp3) is 0.0455. The van der Waals surface area contributed by atoms with E-state index in [0.29, 0.717) is 5.56 Å². The van der Waals surface area contributed by atoms with Gasteiger partial charge in [0.2, 0.25) is 0 Å². The Morgan fingerprint density at radius 1 is 0.962 bits per heavy atom. The number of nitriles is 1. The second kappa shape index (κ2) is 7.03. The van der Waals surface area contributed by atoms with Crippen molar-refractivity contribution in [3.63, 3.8) is 0 Å². The third kappa shape index (κ3) is 3.05. The van der Waals surface area contributed by atoms with E-state index in [2.05, 4.69) is 76.1 Å². The zero-order valence-electron chi connectivity index (χ0n) is 14.1. The maximum atomic E-state index is 9.08. The molecule has 2 nitrogen and oxygen atoms in total. The summed E-state index contributed by atoms with van der Waals surface area (Å²) in [5.74, 6) is 0. The van der Waals surface area contributed by atoms with Crippen LogP contribution in [0.3, 0.4) is 0 Å². The molecule has 0 aliphatic heterocycles. The SMILES string of the molecule is Cn1c(-c2ccc(C#N)cc2)c(Sc2ccccc2)c2cc(Br)ccc21. The molecule has 0 amide bonds. The van der Waals surface area contributed by atoms with Crippen LogP contribution in [0, 0.1) is 11.3 Å². The van der Waals surface area contributed by atoms with E-state index in [-0.39, 0.29) is 0 Å². The maximum absolute atomic E-state index is 9.08. The molecule has 0 spiro atoms. The van der Waals surface area contributed by atoms with Gasteiger partial charge >= 0.3 is 0 Å². The van der Waals surface area contributed by atoms with Crippen LogP contribution < -0.4 is 0 Å². The summed E-state index contributed by atoms with van der Waals surface area (Å²) in [7, 11) is 2.10. The highest BCUT2D eigenvalue weighted by Gasteiger charge is 2.18. The van der Waals surface area contributed by atoms with E-state index in [0.717, 1.165) is 15.7 Å². The molecular formula is C22H15BrN2S. The Balaban J connectivity index is 1.96. The van der Waals surface area contributed by atoms with Gasteiger partial charge in [0.05, 0.1) is 17.3 Å². The normalized spacial score (nSPS) is 10.8. The van der Waals surface area contributed by atoms with Crippen LogP contribution in [0.25, 0.3) is 22.2 Å². The fourth-order valence-electron chi connectivity index (χ4n) is 3.12. The summed E-state index contributed by atoms with van der Waals surface area (Å²) in [6.45, 7) is 0. The van der Waals surface area contributed by atoms with E-state index < -0.39 is 0 Å². The molecule has 4 aromatic rings. The molecule has 0 aliphatic rings. The molecule has 1 aromatic heterocycles. The summed E-state index contributed by atoms with van der Waals surface area (Å²) in [6, 6.07) is 26.8. The predicted molar refractivity (Wildman–Crippen MR) is 111 cm³/mol. The molecule has 0 aliphatic carbocycles. The largest absolute Gasteiger partial charge is 0.343 e. The zero-order chi connectivity index (χ0) is 18.1. The Labute approximate surface area is 165 Å². The predicted octanol–water partition coefficient (Wildman–Crippen LogP) is 6.63. The van der Waals surface area contributed by atoms with Crippen molar-refractivity contribution in [1.82, 2.24) is 4.57 Å². The van der Waals surface area contributed by atoms with Crippen LogP contribution >= 0.6 is 27.7 Å². The van der Waals surface area contributed by atoms with Crippen molar-refractivity contribution in [2.75, 3.05) is 0 Å². The summed E-state index contributed by atoms with van der Waals surface area (Å²) < 4.78 is 3.30. The van der Waals surface area contributed by atoms with Crippen molar-refractivity contribution in [1.29, 1.82) is 5.26 Å². The summed E-state index contributed by atoms with van der Waals surface area (Å²) in [5.41, 5.74) is 4.13. The molecule has 4 heteroatoms. The molecule has 0 atom stereocenters. The molecule has 26 heavy (non-hydrogen) atoms. The molecule has 0 fully saturated rings. The minimum Gasteiger partial charge on any atom is -0.343 e. The fourth-order valence-corrected chi connectivity index (χ4v) is 4.63. The second-order valence-electron chi connectivity index (χ2n) is 6.00. The summed E-state index contributed by atoms with van der Waals surface area (Å²) >= 11 is 5.38. The zero-order valence-corrected chi connectivity index (χ0v) is 16.5. The van der Waals surface area contributed by atoms with Gasteiger partial charge in [-0.3, -0.25) is 0 Å². The van der Waals surface area contributed by atoms with Gasteiger partial charge in [-0.15, -0.1) is 0 Å². The monoisotopic (exact) mass is 418 g/mol. The van der Waals surface area contributed by atoms with E-state index in [4.69, 9.17) is 5.26 Å². The van der Waals surface area contributed by atoms with Gasteiger partial charge in [-0.25, -0.2) is 0 Å². The van der Waals surface area contributed by atoms with Crippen LogP contribution in [0.4, 0.5) is 0 Å². The lowest BCUT2D eigenvalue weighted by molar-refractivity contribution is 0.968. The number of hydrogen-bond acceptors (Lipinski definition) is 2. The second-order valence-corrected chi connectivity index (χ2v) is 8.00. The van der Waals surface area contributed by atoms with E-state index in [1.165, 1.54) is 20.7 Å². The molecule has 1 heterocycles. The first-order valence-corrected chi connectivity index (χ1v) is 9.79. The summed E-state index contributed by atoms with van der Waals surface area (Å²) in [4.78, 5) is 2.43. The van der Waals surface area contributed by atoms with Crippen molar-refractivity contribution in [3.8, 4) is 17.3 Å². The highest BCUT2D eigenvalue weighted by atomic mass is 79.9. The molecule has 0 radical (unpaired) electrons. The first kappa shape index (κ1) is 17.0. The Morgan fingerprint density at radius 2 is 1.69 bits per heavy atom. The molecule has 3 aromatic carbocycles. The Kier molecular flexibility index (Phi) is 4.58. The van der Waals surface area contributed by atoms with Crippen LogP contribution in [0.2, 0.25) is 0 Å². The number of rotatable bonds is 3. The van der Waals surface area contributed by atoms with Gasteiger partial charge < -0.3 is 4.57 Å². The molecule has 0 saturated heterocycles. The standard InChI is InChI=1S/C22H15BrN2S/c1-25-20-12-11-17(23)13-19(20)22(26-18-5-3-2-4-6-18)21(25)16-9-7-15(14-24)8-10-16/h2-13H,1H3. The van der Waals surface area contributed by atoms with Crippen LogP contribution in [0.1, 0.15) is 5.56 Å². The van der Waals surface area contributed by atoms with Crippen LogP contribution in [0.5, 0.6) is 0 Å². The quantitative estimate of drug-likeness (QED) is 0.373. The Hall–Kier alpha value is -2.48. The number of benzene rings is 3. The van der Waals surface area contributed by atoms with Crippen LogP contribution in [0.15, 0.2) is 87.1 Å². The van der Waals surface area contributed by atoms with Gasteiger partial charge in [-0.2, -0.15) is 5.26 Å². The lowest BCUT2D eigenvalue weighted by Crippen LogP contribution is -1.92. The smallest absolute Gasteiger partial charge is 0.0991 e. The first-order chi connectivity index (χ1) is 12.7. The third-order valence-electron chi connectivity index (χ3n) is 4.37. The van der Waals surface area contributed by atoms with Gasteiger partial charge in [0, 0.05) is 32.2 Å². The van der Waals surface area contributed by atoms with Gasteiger partial charge in [0.25, 0.3) is 0 Å². The number of aromatic nitrogens is 1. The van der Waals surface area contributed by atoms with E-state index in [1.807, 2.05) is 30.3 Å². The van der Waals surface area contributed by atoms with Crippen molar-refractivity contribution in [2.24, 2.45) is 7.05 Å². The topological polar surface area (TPSA) is 28.7 Å². The van der Waals surface area contributed by atoms with Gasteiger partial charge in [-0.1, -0.05) is 58.0 Å². The minimum absolute atomic E-state index is 0.674. The van der Waals surface area contributed by atoms with Gasteiger partial charge in [0.15, 0.2) is 0 Å². The van der Waals surface area contributed by atoms with Gasteiger partial charge in [0.1, 0.15) is 0 Å². The molecular weight excluding hydrogens is 404 g/mol. The minimum atomic E-state index is 0.674. The number of nitrogens with zero attached hydrogens (tertiary/aromatic N) is 2. The van der Waals surface area contributed by atoms with E-state index in [9.17, 15) is 0 Å². The number of aryl methyl sites for hydroxylation is 1. The van der Waals surface area contributed by atoms with Crippen molar-refractivity contribution >= 4 is 38.6 Å². The van der Waals surface area contributed by atoms with Crippen molar-refractivity contribution in [2.45, 2.75) is 9.79 Å². The number of hydrogen-bond donors (Lipinski definition) is 0. The van der Waals surface area contributed by atoms with E-state index >= 15 is 0 Å². The van der Waals surface area contributed by atoms with Crippen molar-refractivity contribution in [3.05, 3.63) is 82.8 Å². The average molecular weight is 419 g/mol. The van der Waals surface area contributed by atoms with Crippen LogP contribution in [-0.4, -0.2) is 4.57 Å². The van der Waals surface area contributed by atoms with Gasteiger partial charge in [-0.05, 0) is 48.0 Å². The number of fused-ring (bicyclic) bond motifs is 1. The Morgan fingerprint density at radius 3 is 2.38 bits per heavy atom. The molecule has 0 unspecified atom stereocenters. The molecule has 4 rings (SSSR count). The van der Waals surface area contributed by atoms with Crippen LogP contribution in [-0.2, 0) is 7.05 Å². The first-order valence-electron chi connectivity index (χ1n) is 8.19. The third-order valence-corrected chi connectivity index (χ3v) is 5.98. The van der Waals surface area contributed by atoms with Crippen molar-refractivity contribution < 1.29 is 0 Å². The molecule has 126 valence electrons. The summed E-state index contributed by atoms with van der Waals surface area (Å²) in [6.07, 6.45) is 0. The molecule has 0 N–H and O–H groups in total. The Bertz CT molecular complexity index is 1120. The summed E-state index contributed by atoms with van der Waals surface area (Å²) in [5, 5.41) is 10.3.